The molecule has 1 atom stereocenters. The fourth-order valence-corrected chi connectivity index (χ4v) is 4.03. The van der Waals surface area contributed by atoms with E-state index in [1.54, 1.807) is 18.2 Å². The van der Waals surface area contributed by atoms with Crippen molar-refractivity contribution >= 4 is 27.9 Å². The molecule has 0 unspecified atom stereocenters. The molecule has 8 heteroatoms. The minimum absolute atomic E-state index is 0.0381. The number of oxazole rings is 1. The second-order valence-electron chi connectivity index (χ2n) is 7.50. The van der Waals surface area contributed by atoms with Crippen molar-refractivity contribution < 1.29 is 9.21 Å². The minimum atomic E-state index is -0.234. The number of rotatable bonds is 4. The molecule has 0 radical (unpaired) electrons. The minimum Gasteiger partial charge on any atom is -0.438 e. The van der Waals surface area contributed by atoms with Crippen LogP contribution in [-0.4, -0.2) is 37.3 Å². The standard InChI is InChI=1S/C22H21N5O3/c28-20(12-14-27-22(29)15-7-1-2-8-16(15)24-25-27)26-13-6-5-10-18(26)21-23-17-9-3-4-11-19(17)30-21/h1-4,7-9,11,18H,5-6,10,12-14H2/t18-/m0/s1. The van der Waals surface area contributed by atoms with Crippen molar-refractivity contribution in [2.75, 3.05) is 6.54 Å². The SMILES string of the molecule is O=C(CCn1nnc2ccccc2c1=O)N1CCCC[C@H]1c1nc2ccccc2o1. The van der Waals surface area contributed by atoms with Crippen molar-refractivity contribution in [2.24, 2.45) is 0 Å². The third-order valence-corrected chi connectivity index (χ3v) is 5.59. The Labute approximate surface area is 172 Å². The van der Waals surface area contributed by atoms with Crippen LogP contribution in [0.5, 0.6) is 0 Å². The van der Waals surface area contributed by atoms with Gasteiger partial charge in [-0.1, -0.05) is 29.5 Å². The van der Waals surface area contributed by atoms with Gasteiger partial charge in [0.1, 0.15) is 17.1 Å². The van der Waals surface area contributed by atoms with Crippen molar-refractivity contribution in [3.8, 4) is 0 Å². The van der Waals surface area contributed by atoms with E-state index in [0.29, 0.717) is 23.3 Å². The molecule has 8 nitrogen and oxygen atoms in total. The zero-order valence-electron chi connectivity index (χ0n) is 16.4. The monoisotopic (exact) mass is 403 g/mol. The number of piperidine rings is 1. The lowest BCUT2D eigenvalue weighted by molar-refractivity contribution is -0.136. The van der Waals surface area contributed by atoms with E-state index in [4.69, 9.17) is 4.42 Å². The summed E-state index contributed by atoms with van der Waals surface area (Å²) in [6.07, 6.45) is 2.94. The van der Waals surface area contributed by atoms with Gasteiger partial charge in [0, 0.05) is 13.0 Å². The van der Waals surface area contributed by atoms with Gasteiger partial charge in [-0.25, -0.2) is 9.67 Å². The van der Waals surface area contributed by atoms with Gasteiger partial charge in [-0.3, -0.25) is 9.59 Å². The summed E-state index contributed by atoms with van der Waals surface area (Å²) in [7, 11) is 0. The summed E-state index contributed by atoms with van der Waals surface area (Å²) in [5.74, 6) is 0.538. The third-order valence-electron chi connectivity index (χ3n) is 5.59. The van der Waals surface area contributed by atoms with Gasteiger partial charge < -0.3 is 9.32 Å². The third kappa shape index (κ3) is 3.34. The Bertz CT molecular complexity index is 1250. The Hall–Kier alpha value is -3.55. The predicted octanol–water partition coefficient (Wildman–Crippen LogP) is 3.08. The Balaban J connectivity index is 1.35. The number of hydrogen-bond donors (Lipinski definition) is 0. The first kappa shape index (κ1) is 18.5. The average molecular weight is 403 g/mol. The summed E-state index contributed by atoms with van der Waals surface area (Å²) >= 11 is 0. The van der Waals surface area contributed by atoms with E-state index >= 15 is 0 Å². The summed E-state index contributed by atoms with van der Waals surface area (Å²) in [6.45, 7) is 0.840. The van der Waals surface area contributed by atoms with Gasteiger partial charge in [-0.15, -0.1) is 5.10 Å². The number of likely N-dealkylation sites (tertiary alicyclic amines) is 1. The Kier molecular flexibility index (Phi) is 4.74. The molecule has 152 valence electrons. The van der Waals surface area contributed by atoms with Crippen LogP contribution in [0.1, 0.15) is 37.6 Å². The predicted molar refractivity (Wildman–Crippen MR) is 111 cm³/mol. The topological polar surface area (TPSA) is 94.1 Å². The summed E-state index contributed by atoms with van der Waals surface area (Å²) in [5, 5.41) is 8.57. The molecule has 0 N–H and O–H groups in total. The first-order valence-corrected chi connectivity index (χ1v) is 10.2. The fourth-order valence-electron chi connectivity index (χ4n) is 4.03. The molecule has 1 saturated heterocycles. The van der Waals surface area contributed by atoms with Gasteiger partial charge >= 0.3 is 0 Å². The molecular weight excluding hydrogens is 382 g/mol. The van der Waals surface area contributed by atoms with Crippen LogP contribution in [0.25, 0.3) is 22.0 Å². The van der Waals surface area contributed by atoms with E-state index < -0.39 is 0 Å². The number of carbonyl (C=O) groups excluding carboxylic acids is 1. The molecule has 1 fully saturated rings. The number of carbonyl (C=O) groups is 1. The van der Waals surface area contributed by atoms with Crippen LogP contribution in [0, 0.1) is 0 Å². The molecule has 1 amide bonds. The molecule has 0 spiro atoms. The maximum absolute atomic E-state index is 13.0. The maximum atomic E-state index is 13.0. The molecule has 30 heavy (non-hydrogen) atoms. The maximum Gasteiger partial charge on any atom is 0.277 e. The van der Waals surface area contributed by atoms with Crippen molar-refractivity contribution in [3.63, 3.8) is 0 Å². The normalized spacial score (nSPS) is 16.9. The quantitative estimate of drug-likeness (QED) is 0.520. The van der Waals surface area contributed by atoms with E-state index in [0.717, 1.165) is 30.4 Å². The van der Waals surface area contributed by atoms with Crippen LogP contribution in [-0.2, 0) is 11.3 Å². The largest absolute Gasteiger partial charge is 0.438 e. The van der Waals surface area contributed by atoms with Crippen LogP contribution >= 0.6 is 0 Å². The lowest BCUT2D eigenvalue weighted by Gasteiger charge is -2.33. The molecule has 2 aromatic carbocycles. The highest BCUT2D eigenvalue weighted by atomic mass is 16.3. The number of benzene rings is 2. The number of hydrogen-bond acceptors (Lipinski definition) is 6. The van der Waals surface area contributed by atoms with Gasteiger partial charge in [0.2, 0.25) is 11.8 Å². The Morgan fingerprint density at radius 2 is 1.87 bits per heavy atom. The molecule has 2 aromatic heterocycles. The highest BCUT2D eigenvalue weighted by molar-refractivity contribution is 5.78. The fraction of sp³-hybridized carbons (Fsp3) is 0.318. The van der Waals surface area contributed by atoms with Crippen LogP contribution in [0.4, 0.5) is 0 Å². The first-order valence-electron chi connectivity index (χ1n) is 10.2. The second-order valence-corrected chi connectivity index (χ2v) is 7.50. The van der Waals surface area contributed by atoms with E-state index in [-0.39, 0.29) is 30.5 Å². The van der Waals surface area contributed by atoms with Crippen molar-refractivity contribution in [1.29, 1.82) is 0 Å². The van der Waals surface area contributed by atoms with Crippen LogP contribution in [0.3, 0.4) is 0 Å². The number of aryl methyl sites for hydroxylation is 1. The highest BCUT2D eigenvalue weighted by Gasteiger charge is 2.31. The van der Waals surface area contributed by atoms with Crippen molar-refractivity contribution in [2.45, 2.75) is 38.3 Å². The lowest BCUT2D eigenvalue weighted by Crippen LogP contribution is -2.39. The lowest BCUT2D eigenvalue weighted by atomic mass is 10.0. The summed E-state index contributed by atoms with van der Waals surface area (Å²) in [4.78, 5) is 32.1. The molecule has 5 rings (SSSR count). The number of fused-ring (bicyclic) bond motifs is 2. The number of amides is 1. The van der Waals surface area contributed by atoms with E-state index in [1.807, 2.05) is 35.2 Å². The highest BCUT2D eigenvalue weighted by Crippen LogP contribution is 2.32. The summed E-state index contributed by atoms with van der Waals surface area (Å²) in [5.41, 5.74) is 1.84. The Morgan fingerprint density at radius 1 is 1.07 bits per heavy atom. The molecule has 1 aliphatic heterocycles. The molecule has 0 bridgehead atoms. The average Bonchev–Trinajstić information content (AvgIpc) is 3.23. The first-order chi connectivity index (χ1) is 14.7. The molecule has 0 aliphatic carbocycles. The van der Waals surface area contributed by atoms with E-state index in [2.05, 4.69) is 15.3 Å². The van der Waals surface area contributed by atoms with Crippen LogP contribution < -0.4 is 5.56 Å². The zero-order valence-corrected chi connectivity index (χ0v) is 16.4. The molecule has 4 aromatic rings. The van der Waals surface area contributed by atoms with E-state index in [9.17, 15) is 9.59 Å². The Morgan fingerprint density at radius 3 is 2.73 bits per heavy atom. The second kappa shape index (κ2) is 7.70. The molecule has 0 saturated carbocycles. The van der Waals surface area contributed by atoms with Gasteiger partial charge in [0.15, 0.2) is 5.58 Å². The van der Waals surface area contributed by atoms with Gasteiger partial charge in [0.25, 0.3) is 5.56 Å². The number of nitrogens with zero attached hydrogens (tertiary/aromatic N) is 5. The van der Waals surface area contributed by atoms with Crippen molar-refractivity contribution in [1.82, 2.24) is 24.9 Å². The summed E-state index contributed by atoms with van der Waals surface area (Å²) in [6, 6.07) is 14.5. The van der Waals surface area contributed by atoms with Gasteiger partial charge in [-0.2, -0.15) is 0 Å². The molecule has 3 heterocycles. The van der Waals surface area contributed by atoms with Crippen molar-refractivity contribution in [3.05, 3.63) is 64.8 Å². The van der Waals surface area contributed by atoms with Gasteiger partial charge in [-0.05, 0) is 43.5 Å². The van der Waals surface area contributed by atoms with Crippen LogP contribution in [0.2, 0.25) is 0 Å². The van der Waals surface area contributed by atoms with Gasteiger partial charge in [0.05, 0.1) is 11.9 Å². The smallest absolute Gasteiger partial charge is 0.277 e. The zero-order chi connectivity index (χ0) is 20.5. The summed E-state index contributed by atoms with van der Waals surface area (Å²) < 4.78 is 7.20. The number of para-hydroxylation sites is 2. The molecular formula is C22H21N5O3. The molecule has 1 aliphatic rings. The van der Waals surface area contributed by atoms with E-state index in [1.165, 1.54) is 4.68 Å². The number of aromatic nitrogens is 4. The van der Waals surface area contributed by atoms with Crippen LogP contribution in [0.15, 0.2) is 57.7 Å².